The molecule has 1 heterocycles. The normalized spacial score (nSPS) is 12.7. The van der Waals surface area contributed by atoms with Gasteiger partial charge in [0.25, 0.3) is 0 Å². The van der Waals surface area contributed by atoms with E-state index in [4.69, 9.17) is 0 Å². The minimum Gasteiger partial charge on any atom is -0.303 e. The maximum Gasteiger partial charge on any atom is 0.461 e. The number of aromatic nitrogens is 3. The number of alkyl halides is 5. The van der Waals surface area contributed by atoms with Crippen molar-refractivity contribution in [1.29, 1.82) is 0 Å². The molecule has 0 saturated heterocycles. The van der Waals surface area contributed by atoms with Crippen molar-refractivity contribution in [3.63, 3.8) is 0 Å². The number of carbonyl (C=O) groups excluding carboxylic acids is 1. The zero-order valence-corrected chi connectivity index (χ0v) is 9.12. The molecule has 0 spiro atoms. The van der Waals surface area contributed by atoms with Gasteiger partial charge in [0.2, 0.25) is 5.82 Å². The third kappa shape index (κ3) is 3.02. The maximum atomic E-state index is 13.0. The third-order valence-electron chi connectivity index (χ3n) is 2.19. The minimum absolute atomic E-state index is 0.144. The van der Waals surface area contributed by atoms with Crippen LogP contribution in [0.25, 0.3) is 0 Å². The van der Waals surface area contributed by atoms with E-state index < -0.39 is 17.9 Å². The fourth-order valence-corrected chi connectivity index (χ4v) is 1.29. The smallest absolute Gasteiger partial charge is 0.303 e. The molecular formula is C9H10F5N3O. The van der Waals surface area contributed by atoms with Gasteiger partial charge in [0.15, 0.2) is 0 Å². The highest BCUT2D eigenvalue weighted by molar-refractivity contribution is 5.48. The monoisotopic (exact) mass is 271 g/mol. The third-order valence-corrected chi connectivity index (χ3v) is 2.19. The second-order valence-electron chi connectivity index (χ2n) is 3.54. The predicted molar refractivity (Wildman–Crippen MR) is 49.9 cm³/mol. The Morgan fingerprint density at radius 1 is 1.22 bits per heavy atom. The number of nitrogens with zero attached hydrogens (tertiary/aromatic N) is 3. The van der Waals surface area contributed by atoms with Gasteiger partial charge in [-0.25, -0.2) is 9.67 Å². The zero-order valence-electron chi connectivity index (χ0n) is 9.12. The molecule has 18 heavy (non-hydrogen) atoms. The molecule has 0 amide bonds. The maximum absolute atomic E-state index is 13.0. The van der Waals surface area contributed by atoms with E-state index in [1.54, 1.807) is 0 Å². The van der Waals surface area contributed by atoms with Crippen LogP contribution in [-0.4, -0.2) is 27.2 Å². The van der Waals surface area contributed by atoms with E-state index in [2.05, 4.69) is 10.1 Å². The van der Waals surface area contributed by atoms with Crippen LogP contribution in [0.4, 0.5) is 22.0 Å². The molecule has 0 aliphatic heterocycles. The van der Waals surface area contributed by atoms with Crippen molar-refractivity contribution in [2.24, 2.45) is 0 Å². The Morgan fingerprint density at radius 2 is 1.89 bits per heavy atom. The van der Waals surface area contributed by atoms with Gasteiger partial charge in [-0.2, -0.15) is 27.1 Å². The molecule has 0 unspecified atom stereocenters. The topological polar surface area (TPSA) is 47.8 Å². The highest BCUT2D eigenvalue weighted by Gasteiger charge is 2.61. The highest BCUT2D eigenvalue weighted by Crippen LogP contribution is 2.42. The van der Waals surface area contributed by atoms with Gasteiger partial charge >= 0.3 is 12.1 Å². The fourth-order valence-electron chi connectivity index (χ4n) is 1.29. The Balaban J connectivity index is 2.79. The van der Waals surface area contributed by atoms with E-state index in [-0.39, 0.29) is 19.4 Å². The lowest BCUT2D eigenvalue weighted by Crippen LogP contribution is -2.36. The molecular weight excluding hydrogens is 261 g/mol. The van der Waals surface area contributed by atoms with Crippen LogP contribution in [0.15, 0.2) is 6.33 Å². The summed E-state index contributed by atoms with van der Waals surface area (Å²) in [5.41, 5.74) is 0. The fraction of sp³-hybridized carbons (Fsp3) is 0.667. The molecule has 9 heteroatoms. The number of unbranched alkanes of at least 4 members (excludes halogenated alkanes) is 2. The first-order valence-corrected chi connectivity index (χ1v) is 5.07. The van der Waals surface area contributed by atoms with Crippen molar-refractivity contribution >= 4 is 6.29 Å². The molecule has 0 aliphatic carbocycles. The zero-order chi connectivity index (χ0) is 13.8. The summed E-state index contributed by atoms with van der Waals surface area (Å²) in [5, 5.41) is 3.33. The molecule has 0 saturated carbocycles. The molecule has 0 radical (unpaired) electrons. The van der Waals surface area contributed by atoms with Crippen molar-refractivity contribution in [2.75, 3.05) is 0 Å². The van der Waals surface area contributed by atoms with Gasteiger partial charge in [-0.05, 0) is 12.8 Å². The van der Waals surface area contributed by atoms with Crippen molar-refractivity contribution < 1.29 is 26.7 Å². The Hall–Kier alpha value is -1.54. The number of aryl methyl sites for hydroxylation is 1. The van der Waals surface area contributed by atoms with E-state index in [1.165, 1.54) is 0 Å². The molecule has 1 aromatic rings. The molecule has 0 aliphatic rings. The van der Waals surface area contributed by atoms with Crippen molar-refractivity contribution in [1.82, 2.24) is 14.8 Å². The van der Waals surface area contributed by atoms with Gasteiger partial charge in [0, 0.05) is 13.0 Å². The number of halogens is 5. The molecule has 0 atom stereocenters. The van der Waals surface area contributed by atoms with E-state index in [1.807, 2.05) is 0 Å². The molecule has 1 rings (SSSR count). The van der Waals surface area contributed by atoms with Gasteiger partial charge in [0.1, 0.15) is 12.6 Å². The summed E-state index contributed by atoms with van der Waals surface area (Å²) >= 11 is 0. The average Bonchev–Trinajstić information content (AvgIpc) is 2.71. The van der Waals surface area contributed by atoms with E-state index >= 15 is 0 Å². The molecule has 0 fully saturated rings. The second-order valence-corrected chi connectivity index (χ2v) is 3.54. The summed E-state index contributed by atoms with van der Waals surface area (Å²) in [7, 11) is 0. The summed E-state index contributed by atoms with van der Waals surface area (Å²) in [4.78, 5) is 13.0. The van der Waals surface area contributed by atoms with Crippen molar-refractivity contribution in [3.05, 3.63) is 12.2 Å². The van der Waals surface area contributed by atoms with Crippen LogP contribution in [0.5, 0.6) is 0 Å². The lowest BCUT2D eigenvalue weighted by atomic mass is 10.2. The van der Waals surface area contributed by atoms with Gasteiger partial charge in [0.05, 0.1) is 0 Å². The van der Waals surface area contributed by atoms with Crippen molar-refractivity contribution in [2.45, 2.75) is 37.9 Å². The Labute approximate surface area is 98.8 Å². The average molecular weight is 271 g/mol. The molecule has 0 aromatic carbocycles. The molecule has 0 N–H and O–H groups in total. The van der Waals surface area contributed by atoms with Gasteiger partial charge in [-0.1, -0.05) is 0 Å². The summed E-state index contributed by atoms with van der Waals surface area (Å²) in [6.45, 7) is -0.144. The number of hydrogen-bond acceptors (Lipinski definition) is 3. The Morgan fingerprint density at radius 3 is 2.44 bits per heavy atom. The van der Waals surface area contributed by atoms with E-state index in [0.717, 1.165) is 0 Å². The number of aldehydes is 1. The van der Waals surface area contributed by atoms with Crippen LogP contribution < -0.4 is 0 Å². The summed E-state index contributed by atoms with van der Waals surface area (Å²) < 4.78 is 63.0. The van der Waals surface area contributed by atoms with Crippen LogP contribution in [0.1, 0.15) is 25.1 Å². The van der Waals surface area contributed by atoms with Gasteiger partial charge in [-0.15, -0.1) is 0 Å². The lowest BCUT2D eigenvalue weighted by molar-refractivity contribution is -0.293. The first kappa shape index (κ1) is 14.5. The van der Waals surface area contributed by atoms with Crippen LogP contribution in [0.2, 0.25) is 0 Å². The lowest BCUT2D eigenvalue weighted by Gasteiger charge is -2.19. The number of rotatable bonds is 6. The van der Waals surface area contributed by atoms with Crippen LogP contribution in [0.3, 0.4) is 0 Å². The predicted octanol–water partition coefficient (Wildman–Crippen LogP) is 2.30. The molecule has 0 bridgehead atoms. The molecule has 4 nitrogen and oxygen atoms in total. The van der Waals surface area contributed by atoms with Gasteiger partial charge < -0.3 is 4.79 Å². The SMILES string of the molecule is O=CCCCCn1ncnc1C(F)(F)C(F)(F)F. The largest absolute Gasteiger partial charge is 0.461 e. The number of hydrogen-bond donors (Lipinski definition) is 0. The Bertz CT molecular complexity index is 401. The minimum atomic E-state index is -5.71. The standard InChI is InChI=1S/C9H10F5N3O/c10-8(11,9(12,13)14)7-15-6-16-17(7)4-2-1-3-5-18/h5-6H,1-4H2. The van der Waals surface area contributed by atoms with Crippen molar-refractivity contribution in [3.8, 4) is 0 Å². The second kappa shape index (κ2) is 5.40. The number of carbonyl (C=O) groups is 1. The Kier molecular flexibility index (Phi) is 4.36. The highest BCUT2D eigenvalue weighted by atomic mass is 19.4. The van der Waals surface area contributed by atoms with Crippen LogP contribution >= 0.6 is 0 Å². The molecule has 1 aromatic heterocycles. The van der Waals surface area contributed by atoms with E-state index in [9.17, 15) is 26.7 Å². The summed E-state index contributed by atoms with van der Waals surface area (Å²) in [5.74, 6) is -6.46. The van der Waals surface area contributed by atoms with Gasteiger partial charge in [-0.3, -0.25) is 0 Å². The quantitative estimate of drug-likeness (QED) is 0.453. The van der Waals surface area contributed by atoms with Crippen LogP contribution in [-0.2, 0) is 17.3 Å². The first-order valence-electron chi connectivity index (χ1n) is 5.07. The van der Waals surface area contributed by atoms with Crippen LogP contribution in [0, 0.1) is 0 Å². The summed E-state index contributed by atoms with van der Waals surface area (Å²) in [6.07, 6.45) is -3.54. The summed E-state index contributed by atoms with van der Waals surface area (Å²) in [6, 6.07) is 0. The first-order chi connectivity index (χ1) is 8.30. The molecule has 102 valence electrons. The van der Waals surface area contributed by atoms with E-state index in [0.29, 0.717) is 23.7 Å².